The Bertz CT molecular complexity index is 701. The van der Waals surface area contributed by atoms with Gasteiger partial charge in [0.05, 0.1) is 0 Å². The van der Waals surface area contributed by atoms with Crippen LogP contribution in [-0.2, 0) is 13.5 Å². The van der Waals surface area contributed by atoms with E-state index in [9.17, 15) is 5.11 Å². The van der Waals surface area contributed by atoms with Gasteiger partial charge in [-0.15, -0.1) is 0 Å². The Labute approximate surface area is 105 Å². The van der Waals surface area contributed by atoms with Crippen molar-refractivity contribution in [2.45, 2.75) is 6.42 Å². The zero-order valence-electron chi connectivity index (χ0n) is 10.2. The van der Waals surface area contributed by atoms with Crippen LogP contribution in [0.25, 0.3) is 10.8 Å². The first-order valence-corrected chi connectivity index (χ1v) is 5.91. The molecule has 3 rings (SSSR count). The Morgan fingerprint density at radius 2 is 2.00 bits per heavy atom. The standard InChI is InChI=1S/C15H14N2O/c1-17-9-8-16-14(17)10-12-7-6-11-4-2-3-5-13(11)15(12)18/h2-9,18H,10H2,1H3. The molecule has 0 radical (unpaired) electrons. The lowest BCUT2D eigenvalue weighted by molar-refractivity contribution is 0.475. The summed E-state index contributed by atoms with van der Waals surface area (Å²) in [6.45, 7) is 0. The highest BCUT2D eigenvalue weighted by molar-refractivity contribution is 5.89. The van der Waals surface area contributed by atoms with Gasteiger partial charge < -0.3 is 9.67 Å². The molecule has 1 aromatic heterocycles. The summed E-state index contributed by atoms with van der Waals surface area (Å²) in [6, 6.07) is 11.8. The summed E-state index contributed by atoms with van der Waals surface area (Å²) in [7, 11) is 1.96. The summed E-state index contributed by atoms with van der Waals surface area (Å²) in [6.07, 6.45) is 4.32. The van der Waals surface area contributed by atoms with E-state index in [-0.39, 0.29) is 0 Å². The molecule has 1 N–H and O–H groups in total. The molecule has 0 saturated heterocycles. The smallest absolute Gasteiger partial charge is 0.127 e. The van der Waals surface area contributed by atoms with E-state index >= 15 is 0 Å². The quantitative estimate of drug-likeness (QED) is 0.745. The highest BCUT2D eigenvalue weighted by Gasteiger charge is 2.08. The van der Waals surface area contributed by atoms with Crippen LogP contribution in [0.15, 0.2) is 48.8 Å². The highest BCUT2D eigenvalue weighted by Crippen LogP contribution is 2.29. The normalized spacial score (nSPS) is 10.9. The number of rotatable bonds is 2. The number of phenols is 1. The molecule has 1 heterocycles. The van der Waals surface area contributed by atoms with Gasteiger partial charge in [-0.1, -0.05) is 36.4 Å². The summed E-state index contributed by atoms with van der Waals surface area (Å²) in [5.74, 6) is 1.30. The van der Waals surface area contributed by atoms with Crippen LogP contribution in [0.1, 0.15) is 11.4 Å². The van der Waals surface area contributed by atoms with Gasteiger partial charge in [-0.25, -0.2) is 4.98 Å². The number of aryl methyl sites for hydroxylation is 1. The van der Waals surface area contributed by atoms with Gasteiger partial charge in [0.1, 0.15) is 11.6 Å². The summed E-state index contributed by atoms with van der Waals surface area (Å²) < 4.78 is 1.97. The first-order valence-electron chi connectivity index (χ1n) is 5.91. The number of hydrogen-bond donors (Lipinski definition) is 1. The van der Waals surface area contributed by atoms with Crippen molar-refractivity contribution in [1.82, 2.24) is 9.55 Å². The van der Waals surface area contributed by atoms with Crippen molar-refractivity contribution in [3.05, 3.63) is 60.2 Å². The third kappa shape index (κ3) is 1.74. The maximum absolute atomic E-state index is 10.3. The van der Waals surface area contributed by atoms with Crippen molar-refractivity contribution in [3.8, 4) is 5.75 Å². The molecule has 0 atom stereocenters. The predicted molar refractivity (Wildman–Crippen MR) is 71.6 cm³/mol. The topological polar surface area (TPSA) is 38.0 Å². The lowest BCUT2D eigenvalue weighted by Gasteiger charge is -2.08. The fourth-order valence-electron chi connectivity index (χ4n) is 2.18. The second-order valence-corrected chi connectivity index (χ2v) is 4.43. The van der Waals surface area contributed by atoms with Gasteiger partial charge in [0.2, 0.25) is 0 Å². The summed E-state index contributed by atoms with van der Waals surface area (Å²) >= 11 is 0. The number of imidazole rings is 1. The number of fused-ring (bicyclic) bond motifs is 1. The van der Waals surface area contributed by atoms with Crippen LogP contribution in [0.4, 0.5) is 0 Å². The minimum absolute atomic E-state index is 0.358. The molecule has 0 spiro atoms. The Balaban J connectivity index is 2.08. The maximum atomic E-state index is 10.3. The van der Waals surface area contributed by atoms with Crippen molar-refractivity contribution < 1.29 is 5.11 Å². The molecule has 0 unspecified atom stereocenters. The van der Waals surface area contributed by atoms with Crippen molar-refractivity contribution >= 4 is 10.8 Å². The van der Waals surface area contributed by atoms with Crippen LogP contribution in [0.5, 0.6) is 5.75 Å². The van der Waals surface area contributed by atoms with Crippen LogP contribution in [-0.4, -0.2) is 14.7 Å². The SMILES string of the molecule is Cn1ccnc1Cc1ccc2ccccc2c1O. The first kappa shape index (κ1) is 10.8. The second-order valence-electron chi connectivity index (χ2n) is 4.43. The van der Waals surface area contributed by atoms with Crippen LogP contribution < -0.4 is 0 Å². The van der Waals surface area contributed by atoms with Crippen molar-refractivity contribution in [2.75, 3.05) is 0 Å². The van der Waals surface area contributed by atoms with E-state index in [2.05, 4.69) is 4.98 Å². The Morgan fingerprint density at radius 1 is 1.17 bits per heavy atom. The summed E-state index contributed by atoms with van der Waals surface area (Å²) in [4.78, 5) is 4.28. The van der Waals surface area contributed by atoms with Crippen LogP contribution in [0.3, 0.4) is 0 Å². The average Bonchev–Trinajstić information content (AvgIpc) is 2.79. The average molecular weight is 238 g/mol. The lowest BCUT2D eigenvalue weighted by Crippen LogP contribution is -1.98. The summed E-state index contributed by atoms with van der Waals surface area (Å²) in [5, 5.41) is 12.2. The zero-order valence-corrected chi connectivity index (χ0v) is 10.2. The van der Waals surface area contributed by atoms with Crippen molar-refractivity contribution in [3.63, 3.8) is 0 Å². The van der Waals surface area contributed by atoms with Crippen molar-refractivity contribution in [2.24, 2.45) is 7.05 Å². The molecule has 0 bridgehead atoms. The second kappa shape index (κ2) is 4.18. The number of aromatic nitrogens is 2. The number of hydrogen-bond acceptors (Lipinski definition) is 2. The van der Waals surface area contributed by atoms with Gasteiger partial charge in [-0.05, 0) is 5.39 Å². The van der Waals surface area contributed by atoms with E-state index in [1.165, 1.54) is 0 Å². The largest absolute Gasteiger partial charge is 0.507 e. The molecule has 90 valence electrons. The van der Waals surface area contributed by atoms with E-state index in [0.717, 1.165) is 22.2 Å². The van der Waals surface area contributed by atoms with E-state index in [1.54, 1.807) is 6.20 Å². The molecular weight excluding hydrogens is 224 g/mol. The van der Waals surface area contributed by atoms with Gasteiger partial charge in [0, 0.05) is 36.8 Å². The molecule has 2 aromatic carbocycles. The Kier molecular flexibility index (Phi) is 2.52. The minimum Gasteiger partial charge on any atom is -0.507 e. The van der Waals surface area contributed by atoms with E-state index in [1.807, 2.05) is 54.2 Å². The van der Waals surface area contributed by atoms with Gasteiger partial charge in [0.15, 0.2) is 0 Å². The third-order valence-corrected chi connectivity index (χ3v) is 3.25. The van der Waals surface area contributed by atoms with E-state index < -0.39 is 0 Å². The molecule has 3 nitrogen and oxygen atoms in total. The molecule has 0 fully saturated rings. The van der Waals surface area contributed by atoms with Crippen LogP contribution in [0, 0.1) is 0 Å². The van der Waals surface area contributed by atoms with Crippen molar-refractivity contribution in [1.29, 1.82) is 0 Å². The highest BCUT2D eigenvalue weighted by atomic mass is 16.3. The molecule has 0 amide bonds. The fraction of sp³-hybridized carbons (Fsp3) is 0.133. The van der Waals surface area contributed by atoms with E-state index in [0.29, 0.717) is 12.2 Å². The van der Waals surface area contributed by atoms with Gasteiger partial charge in [-0.2, -0.15) is 0 Å². The fourth-order valence-corrected chi connectivity index (χ4v) is 2.18. The number of aromatic hydroxyl groups is 1. The van der Waals surface area contributed by atoms with Crippen LogP contribution in [0.2, 0.25) is 0 Å². The minimum atomic E-state index is 0.358. The van der Waals surface area contributed by atoms with Crippen LogP contribution >= 0.6 is 0 Å². The molecule has 0 aliphatic carbocycles. The molecule has 3 aromatic rings. The molecule has 18 heavy (non-hydrogen) atoms. The van der Waals surface area contributed by atoms with Gasteiger partial charge >= 0.3 is 0 Å². The lowest BCUT2D eigenvalue weighted by atomic mass is 10.0. The molecule has 0 aliphatic heterocycles. The maximum Gasteiger partial charge on any atom is 0.127 e. The van der Waals surface area contributed by atoms with Gasteiger partial charge in [-0.3, -0.25) is 0 Å². The molecule has 3 heteroatoms. The van der Waals surface area contributed by atoms with Gasteiger partial charge in [0.25, 0.3) is 0 Å². The predicted octanol–water partition coefficient (Wildman–Crippen LogP) is 2.87. The first-order chi connectivity index (χ1) is 8.75. The third-order valence-electron chi connectivity index (χ3n) is 3.25. The van der Waals surface area contributed by atoms with E-state index in [4.69, 9.17) is 0 Å². The number of benzene rings is 2. The molecular formula is C15H14N2O. The number of phenolic OH excluding ortho intramolecular Hbond substituents is 1. The number of nitrogens with zero attached hydrogens (tertiary/aromatic N) is 2. The summed E-state index contributed by atoms with van der Waals surface area (Å²) in [5.41, 5.74) is 0.906. The Morgan fingerprint density at radius 3 is 2.78 bits per heavy atom. The molecule has 0 saturated carbocycles. The molecule has 0 aliphatic rings. The monoisotopic (exact) mass is 238 g/mol. The Hall–Kier alpha value is -2.29. The zero-order chi connectivity index (χ0) is 12.5.